The summed E-state index contributed by atoms with van der Waals surface area (Å²) in [5, 5.41) is 3.09. The standard InChI is InChI=1S/C33H32F3NS/c1-20-15-21(19-32(5,6)33(34,35)36)11-12-25(20)28-18-23-13-14-37-29(30(23)38-28)24-16-22-9-7-8-10-26(22)27(17-24)31(2,3)4/h7-18H,19H2,1-6H3/i1D3,19D2. The van der Waals surface area contributed by atoms with Crippen LogP contribution in [0.25, 0.3) is 42.6 Å². The van der Waals surface area contributed by atoms with Crippen LogP contribution in [0.5, 0.6) is 0 Å². The highest BCUT2D eigenvalue weighted by molar-refractivity contribution is 7.22. The molecule has 0 atom stereocenters. The summed E-state index contributed by atoms with van der Waals surface area (Å²) in [7, 11) is 0. The molecule has 0 saturated carbocycles. The van der Waals surface area contributed by atoms with Gasteiger partial charge in [0.05, 0.1) is 15.8 Å². The predicted molar refractivity (Wildman–Crippen MR) is 155 cm³/mol. The fourth-order valence-electron chi connectivity index (χ4n) is 4.64. The first-order chi connectivity index (χ1) is 19.7. The molecule has 5 heteroatoms. The Hall–Kier alpha value is -3.18. The molecule has 0 unspecified atom stereocenters. The fourth-order valence-corrected chi connectivity index (χ4v) is 5.85. The van der Waals surface area contributed by atoms with Crippen molar-refractivity contribution in [1.29, 1.82) is 0 Å². The minimum absolute atomic E-state index is 0.133. The molecule has 0 bridgehead atoms. The summed E-state index contributed by atoms with van der Waals surface area (Å²) in [4.78, 5) is 5.33. The second-order valence-corrected chi connectivity index (χ2v) is 12.2. The van der Waals surface area contributed by atoms with Crippen LogP contribution in [0.2, 0.25) is 0 Å². The molecule has 5 aromatic rings. The molecule has 196 valence electrons. The summed E-state index contributed by atoms with van der Waals surface area (Å²) in [6.45, 7) is 5.36. The number of alkyl halides is 3. The molecule has 0 spiro atoms. The second-order valence-electron chi connectivity index (χ2n) is 11.2. The third kappa shape index (κ3) is 4.84. The van der Waals surface area contributed by atoms with Crippen LogP contribution in [0, 0.1) is 12.3 Å². The number of hydrogen-bond donors (Lipinski definition) is 0. The lowest BCUT2D eigenvalue weighted by Gasteiger charge is -2.28. The van der Waals surface area contributed by atoms with E-state index >= 15 is 0 Å². The summed E-state index contributed by atoms with van der Waals surface area (Å²) in [6, 6.07) is 19.9. The highest BCUT2D eigenvalue weighted by Crippen LogP contribution is 2.43. The molecule has 3 aromatic carbocycles. The first kappa shape index (κ1) is 20.7. The van der Waals surface area contributed by atoms with Gasteiger partial charge in [-0.1, -0.05) is 77.1 Å². The molecule has 0 amide bonds. The fraction of sp³-hybridized carbons (Fsp3) is 0.303. The molecule has 2 aromatic heterocycles. The maximum atomic E-state index is 13.8. The summed E-state index contributed by atoms with van der Waals surface area (Å²) in [6.07, 6.45) is -6.01. The van der Waals surface area contributed by atoms with Gasteiger partial charge in [-0.2, -0.15) is 13.2 Å². The van der Waals surface area contributed by atoms with E-state index in [-0.39, 0.29) is 16.5 Å². The molecule has 0 aliphatic carbocycles. The molecule has 0 aliphatic rings. The number of aromatic nitrogens is 1. The van der Waals surface area contributed by atoms with Gasteiger partial charge >= 0.3 is 6.18 Å². The van der Waals surface area contributed by atoms with E-state index in [4.69, 9.17) is 11.8 Å². The van der Waals surface area contributed by atoms with Crippen LogP contribution in [0.4, 0.5) is 13.2 Å². The molecule has 0 N–H and O–H groups in total. The van der Waals surface area contributed by atoms with Gasteiger partial charge in [0.15, 0.2) is 0 Å². The van der Waals surface area contributed by atoms with Gasteiger partial charge in [0, 0.05) is 23.5 Å². The Bertz CT molecular complexity index is 1850. The highest BCUT2D eigenvalue weighted by atomic mass is 32.1. The Morgan fingerprint density at radius 2 is 1.66 bits per heavy atom. The van der Waals surface area contributed by atoms with Crippen molar-refractivity contribution in [1.82, 2.24) is 4.98 Å². The first-order valence-corrected chi connectivity index (χ1v) is 13.2. The minimum atomic E-state index is -4.85. The third-order valence-electron chi connectivity index (χ3n) is 6.83. The molecule has 0 radical (unpaired) electrons. The zero-order valence-corrected chi connectivity index (χ0v) is 22.7. The Morgan fingerprint density at radius 1 is 0.895 bits per heavy atom. The summed E-state index contributed by atoms with van der Waals surface area (Å²) in [5.41, 5.74) is -0.244. The van der Waals surface area contributed by atoms with Gasteiger partial charge in [0.25, 0.3) is 0 Å². The topological polar surface area (TPSA) is 12.9 Å². The van der Waals surface area contributed by atoms with Crippen LogP contribution in [-0.2, 0) is 11.8 Å². The van der Waals surface area contributed by atoms with Gasteiger partial charge in [-0.25, -0.2) is 0 Å². The lowest BCUT2D eigenvalue weighted by molar-refractivity contribution is -0.211. The lowest BCUT2D eigenvalue weighted by Crippen LogP contribution is -2.34. The maximum absolute atomic E-state index is 13.8. The van der Waals surface area contributed by atoms with E-state index in [2.05, 4.69) is 45.0 Å². The van der Waals surface area contributed by atoms with Gasteiger partial charge in [-0.15, -0.1) is 11.3 Å². The SMILES string of the molecule is [2H]C([2H])([2H])c1cc(C([2H])([2H])C(C)(C)C(F)(F)F)ccc1-c1cc2ccnc(-c3cc(C(C)(C)C)c4ccccc4c3)c2s1. The normalized spacial score (nSPS) is 15.6. The first-order valence-electron chi connectivity index (χ1n) is 14.9. The monoisotopic (exact) mass is 536 g/mol. The second kappa shape index (κ2) is 9.23. The Morgan fingerprint density at radius 3 is 2.37 bits per heavy atom. The zero-order chi connectivity index (χ0) is 31.8. The largest absolute Gasteiger partial charge is 0.394 e. The molecule has 0 aliphatic heterocycles. The van der Waals surface area contributed by atoms with Crippen molar-refractivity contribution in [2.24, 2.45) is 5.41 Å². The Kier molecular flexibility index (Phi) is 5.04. The van der Waals surface area contributed by atoms with Gasteiger partial charge in [-0.3, -0.25) is 4.98 Å². The number of nitrogens with zero attached hydrogens (tertiary/aromatic N) is 1. The Labute approximate surface area is 233 Å². The quantitative estimate of drug-likeness (QED) is 0.223. The smallest absolute Gasteiger partial charge is 0.255 e. The number of pyridine rings is 1. The van der Waals surface area contributed by atoms with E-state index in [0.29, 0.717) is 10.4 Å². The average Bonchev–Trinajstić information content (AvgIpc) is 3.35. The molecule has 0 saturated heterocycles. The number of aryl methyl sites for hydroxylation is 1. The molecule has 0 fully saturated rings. The predicted octanol–water partition coefficient (Wildman–Crippen LogP) is 10.5. The van der Waals surface area contributed by atoms with Crippen LogP contribution < -0.4 is 0 Å². The minimum Gasteiger partial charge on any atom is -0.255 e. The van der Waals surface area contributed by atoms with Crippen LogP contribution >= 0.6 is 11.3 Å². The van der Waals surface area contributed by atoms with Crippen molar-refractivity contribution in [3.8, 4) is 21.7 Å². The number of hydrogen-bond acceptors (Lipinski definition) is 2. The number of thiophene rings is 1. The number of rotatable bonds is 4. The van der Waals surface area contributed by atoms with Crippen LogP contribution in [0.15, 0.2) is 72.9 Å². The van der Waals surface area contributed by atoms with Gasteiger partial charge in [-0.05, 0) is 81.3 Å². The molecule has 5 rings (SSSR count). The van der Waals surface area contributed by atoms with E-state index in [0.717, 1.165) is 52.0 Å². The molecule has 38 heavy (non-hydrogen) atoms. The van der Waals surface area contributed by atoms with E-state index in [9.17, 15) is 13.2 Å². The van der Waals surface area contributed by atoms with Crippen molar-refractivity contribution < 1.29 is 20.0 Å². The zero-order valence-electron chi connectivity index (χ0n) is 26.9. The van der Waals surface area contributed by atoms with Gasteiger partial charge in [0.2, 0.25) is 0 Å². The third-order valence-corrected chi connectivity index (χ3v) is 8.02. The van der Waals surface area contributed by atoms with Crippen LogP contribution in [0.3, 0.4) is 0 Å². The van der Waals surface area contributed by atoms with Crippen molar-refractivity contribution in [3.05, 3.63) is 89.6 Å². The lowest BCUT2D eigenvalue weighted by atomic mass is 9.82. The Balaban J connectivity index is 1.69. The van der Waals surface area contributed by atoms with E-state index < -0.39 is 24.8 Å². The van der Waals surface area contributed by atoms with E-state index in [1.807, 2.05) is 24.3 Å². The van der Waals surface area contributed by atoms with Gasteiger partial charge in [0.1, 0.15) is 0 Å². The number of benzene rings is 3. The summed E-state index contributed by atoms with van der Waals surface area (Å²) < 4.78 is 83.6. The number of halogens is 3. The molecule has 1 nitrogen and oxygen atoms in total. The summed E-state index contributed by atoms with van der Waals surface area (Å²) >= 11 is 1.36. The van der Waals surface area contributed by atoms with Gasteiger partial charge < -0.3 is 0 Å². The molecular weight excluding hydrogens is 499 g/mol. The van der Waals surface area contributed by atoms with Crippen molar-refractivity contribution in [2.45, 2.75) is 59.4 Å². The summed E-state index contributed by atoms with van der Waals surface area (Å²) in [5.74, 6) is 0. The molecular formula is C33H32F3NS. The van der Waals surface area contributed by atoms with E-state index in [1.165, 1.54) is 29.0 Å². The van der Waals surface area contributed by atoms with Crippen LogP contribution in [0.1, 0.15) is 58.2 Å². The highest BCUT2D eigenvalue weighted by Gasteiger charge is 2.47. The maximum Gasteiger partial charge on any atom is 0.394 e. The van der Waals surface area contributed by atoms with Crippen molar-refractivity contribution >= 4 is 32.2 Å². The van der Waals surface area contributed by atoms with Crippen LogP contribution in [-0.4, -0.2) is 11.2 Å². The molecule has 2 heterocycles. The number of fused-ring (bicyclic) bond motifs is 2. The van der Waals surface area contributed by atoms with E-state index in [1.54, 1.807) is 6.20 Å². The van der Waals surface area contributed by atoms with Crippen molar-refractivity contribution in [2.75, 3.05) is 0 Å². The van der Waals surface area contributed by atoms with Crippen molar-refractivity contribution in [3.63, 3.8) is 0 Å². The average molecular weight is 537 g/mol.